The Morgan fingerprint density at radius 1 is 1.31 bits per heavy atom. The van der Waals surface area contributed by atoms with Crippen molar-refractivity contribution < 1.29 is 0 Å². The van der Waals surface area contributed by atoms with Crippen LogP contribution in [0.4, 0.5) is 0 Å². The van der Waals surface area contributed by atoms with Crippen molar-refractivity contribution in [3.05, 3.63) is 23.8 Å². The Hall–Kier alpha value is -1.85. The van der Waals surface area contributed by atoms with Gasteiger partial charge in [0.1, 0.15) is 6.33 Å². The first kappa shape index (κ1) is 7.78. The number of hydrogen-bond acceptors (Lipinski definition) is 5. The molecule has 2 aromatic rings. The molecule has 0 fully saturated rings. The number of nitrogens with zero attached hydrogens (tertiary/aromatic N) is 6. The summed E-state index contributed by atoms with van der Waals surface area (Å²) in [5.74, 6) is 0.494. The van der Waals surface area contributed by atoms with Crippen molar-refractivity contribution in [2.24, 2.45) is 0 Å². The highest BCUT2D eigenvalue weighted by Gasteiger charge is 2.02. The van der Waals surface area contributed by atoms with Gasteiger partial charge in [-0.05, 0) is 29.8 Å². The lowest BCUT2D eigenvalue weighted by molar-refractivity contribution is 0.742. The van der Waals surface area contributed by atoms with Gasteiger partial charge in [0.15, 0.2) is 0 Å². The predicted molar refractivity (Wildman–Crippen MR) is 44.2 cm³/mol. The number of tetrazole rings is 1. The lowest BCUT2D eigenvalue weighted by Gasteiger charge is -2.00. The van der Waals surface area contributed by atoms with Gasteiger partial charge < -0.3 is 0 Å². The van der Waals surface area contributed by atoms with Crippen LogP contribution in [0.2, 0.25) is 0 Å². The smallest absolute Gasteiger partial charge is 0.219 e. The molecule has 6 nitrogen and oxygen atoms in total. The van der Waals surface area contributed by atoms with E-state index in [1.165, 1.54) is 11.0 Å². The number of hydrogen-bond donors (Lipinski definition) is 0. The summed E-state index contributed by atoms with van der Waals surface area (Å²) in [4.78, 5) is 8.32. The molecule has 0 atom stereocenters. The predicted octanol–water partition coefficient (Wildman–Crippen LogP) is 0.0691. The monoisotopic (exact) mass is 176 g/mol. The van der Waals surface area contributed by atoms with E-state index in [1.807, 2.05) is 13.8 Å². The molecule has 0 aliphatic heterocycles. The maximum Gasteiger partial charge on any atom is 0.253 e. The van der Waals surface area contributed by atoms with Gasteiger partial charge >= 0.3 is 0 Å². The van der Waals surface area contributed by atoms with Crippen LogP contribution < -0.4 is 0 Å². The molecular formula is C7H8N6. The first-order chi connectivity index (χ1) is 6.27. The van der Waals surface area contributed by atoms with E-state index in [4.69, 9.17) is 0 Å². The van der Waals surface area contributed by atoms with Crippen LogP contribution in [0.1, 0.15) is 11.3 Å². The van der Waals surface area contributed by atoms with E-state index in [1.54, 1.807) is 6.20 Å². The van der Waals surface area contributed by atoms with Gasteiger partial charge in [-0.25, -0.2) is 9.97 Å². The second kappa shape index (κ2) is 2.89. The van der Waals surface area contributed by atoms with Crippen molar-refractivity contribution in [1.82, 2.24) is 30.2 Å². The highest BCUT2D eigenvalue weighted by molar-refractivity contribution is 5.18. The van der Waals surface area contributed by atoms with E-state index in [2.05, 4.69) is 25.5 Å². The van der Waals surface area contributed by atoms with Crippen molar-refractivity contribution >= 4 is 0 Å². The Morgan fingerprint density at radius 3 is 2.77 bits per heavy atom. The zero-order chi connectivity index (χ0) is 9.26. The Balaban J connectivity index is 2.49. The maximum absolute atomic E-state index is 4.22. The minimum Gasteiger partial charge on any atom is -0.219 e. The molecule has 0 bridgehead atoms. The van der Waals surface area contributed by atoms with Gasteiger partial charge in [-0.2, -0.15) is 4.68 Å². The standard InChI is InChI=1S/C7H8N6/c1-5-3-8-7(10-6(5)2)13-4-9-11-12-13/h3-4H,1-2H3. The second-order valence-corrected chi connectivity index (χ2v) is 2.69. The van der Waals surface area contributed by atoms with Gasteiger partial charge in [-0.15, -0.1) is 5.10 Å². The van der Waals surface area contributed by atoms with E-state index >= 15 is 0 Å². The molecule has 0 spiro atoms. The van der Waals surface area contributed by atoms with Crippen molar-refractivity contribution in [2.75, 3.05) is 0 Å². The lowest BCUT2D eigenvalue weighted by atomic mass is 10.3. The maximum atomic E-state index is 4.22. The van der Waals surface area contributed by atoms with Gasteiger partial charge in [0.25, 0.3) is 5.95 Å². The van der Waals surface area contributed by atoms with Crippen LogP contribution in [-0.2, 0) is 0 Å². The normalized spacial score (nSPS) is 10.3. The molecule has 0 saturated carbocycles. The van der Waals surface area contributed by atoms with Crippen molar-refractivity contribution in [2.45, 2.75) is 13.8 Å². The summed E-state index contributed by atoms with van der Waals surface area (Å²) in [6, 6.07) is 0. The molecule has 6 heteroatoms. The summed E-state index contributed by atoms with van der Waals surface area (Å²) in [6.07, 6.45) is 3.21. The van der Waals surface area contributed by atoms with Crippen LogP contribution in [0, 0.1) is 13.8 Å². The molecule has 66 valence electrons. The molecule has 0 saturated heterocycles. The summed E-state index contributed by atoms with van der Waals surface area (Å²) in [6.45, 7) is 3.88. The van der Waals surface area contributed by atoms with Crippen LogP contribution in [0.3, 0.4) is 0 Å². The molecule has 0 unspecified atom stereocenters. The summed E-state index contributed by atoms with van der Waals surface area (Å²) in [7, 11) is 0. The summed E-state index contributed by atoms with van der Waals surface area (Å²) >= 11 is 0. The third kappa shape index (κ3) is 1.37. The van der Waals surface area contributed by atoms with E-state index in [0.29, 0.717) is 5.95 Å². The topological polar surface area (TPSA) is 69.4 Å². The minimum atomic E-state index is 0.494. The highest BCUT2D eigenvalue weighted by Crippen LogP contribution is 2.03. The van der Waals surface area contributed by atoms with Crippen LogP contribution in [0.5, 0.6) is 0 Å². The van der Waals surface area contributed by atoms with Gasteiger partial charge in [0.05, 0.1) is 0 Å². The Bertz CT molecular complexity index is 407. The lowest BCUT2D eigenvalue weighted by Crippen LogP contribution is -2.03. The quantitative estimate of drug-likeness (QED) is 0.615. The van der Waals surface area contributed by atoms with E-state index in [0.717, 1.165) is 11.3 Å². The molecule has 2 aromatic heterocycles. The Kier molecular flexibility index (Phi) is 1.73. The molecule has 2 rings (SSSR count). The minimum absolute atomic E-state index is 0.494. The van der Waals surface area contributed by atoms with Gasteiger partial charge in [0, 0.05) is 11.9 Å². The SMILES string of the molecule is Cc1cnc(-n2cnnn2)nc1C. The van der Waals surface area contributed by atoms with E-state index in [9.17, 15) is 0 Å². The van der Waals surface area contributed by atoms with Gasteiger partial charge in [0.2, 0.25) is 0 Å². The first-order valence-corrected chi connectivity index (χ1v) is 3.81. The fourth-order valence-corrected chi connectivity index (χ4v) is 0.878. The third-order valence-corrected chi connectivity index (χ3v) is 1.77. The molecule has 0 N–H and O–H groups in total. The zero-order valence-electron chi connectivity index (χ0n) is 7.34. The van der Waals surface area contributed by atoms with Crippen molar-refractivity contribution in [3.63, 3.8) is 0 Å². The molecule has 0 radical (unpaired) electrons. The Labute approximate surface area is 74.6 Å². The zero-order valence-corrected chi connectivity index (χ0v) is 7.34. The van der Waals surface area contributed by atoms with Crippen LogP contribution in [0.15, 0.2) is 12.5 Å². The van der Waals surface area contributed by atoms with E-state index < -0.39 is 0 Å². The number of aromatic nitrogens is 6. The average Bonchev–Trinajstić information content (AvgIpc) is 2.62. The third-order valence-electron chi connectivity index (χ3n) is 1.77. The van der Waals surface area contributed by atoms with Crippen molar-refractivity contribution in [3.8, 4) is 5.95 Å². The Morgan fingerprint density at radius 2 is 2.15 bits per heavy atom. The van der Waals surface area contributed by atoms with E-state index in [-0.39, 0.29) is 0 Å². The van der Waals surface area contributed by atoms with Gasteiger partial charge in [-0.1, -0.05) is 0 Å². The number of rotatable bonds is 1. The highest BCUT2D eigenvalue weighted by atomic mass is 15.5. The largest absolute Gasteiger partial charge is 0.253 e. The summed E-state index contributed by atoms with van der Waals surface area (Å²) in [5.41, 5.74) is 1.98. The van der Waals surface area contributed by atoms with Crippen molar-refractivity contribution in [1.29, 1.82) is 0 Å². The van der Waals surface area contributed by atoms with Gasteiger partial charge in [-0.3, -0.25) is 0 Å². The molecule has 0 aliphatic rings. The van der Waals surface area contributed by atoms with Crippen LogP contribution in [-0.4, -0.2) is 30.2 Å². The average molecular weight is 176 g/mol. The van der Waals surface area contributed by atoms with Crippen LogP contribution >= 0.6 is 0 Å². The first-order valence-electron chi connectivity index (χ1n) is 3.81. The number of aryl methyl sites for hydroxylation is 2. The second-order valence-electron chi connectivity index (χ2n) is 2.69. The fourth-order valence-electron chi connectivity index (χ4n) is 0.878. The summed E-state index contributed by atoms with van der Waals surface area (Å²) in [5, 5.41) is 10.7. The summed E-state index contributed by atoms with van der Waals surface area (Å²) < 4.78 is 1.42. The molecule has 2 heterocycles. The molecule has 0 aliphatic carbocycles. The molecule has 13 heavy (non-hydrogen) atoms. The molecule has 0 aromatic carbocycles. The fraction of sp³-hybridized carbons (Fsp3) is 0.286. The molecular weight excluding hydrogens is 168 g/mol. The van der Waals surface area contributed by atoms with Crippen LogP contribution in [0.25, 0.3) is 5.95 Å². The molecule has 0 amide bonds.